The summed E-state index contributed by atoms with van der Waals surface area (Å²) >= 11 is 0. The maximum atomic E-state index is 2.31. The molecule has 0 saturated carbocycles. The van der Waals surface area contributed by atoms with Crippen LogP contribution in [0.3, 0.4) is 0 Å². The van der Waals surface area contributed by atoms with E-state index in [2.05, 4.69) is 38.1 Å². The molecule has 0 saturated heterocycles. The first kappa shape index (κ1) is 11.3. The number of unbranched alkanes of at least 4 members (excludes halogenated alkanes) is 4. The van der Waals surface area contributed by atoms with Gasteiger partial charge in [0.2, 0.25) is 0 Å². The Morgan fingerprint density at radius 1 is 1.00 bits per heavy atom. The van der Waals surface area contributed by atoms with E-state index < -0.39 is 0 Å². The van der Waals surface area contributed by atoms with Crippen molar-refractivity contribution >= 4 is 0 Å². The molecule has 0 heterocycles. The Labute approximate surface area is 88.4 Å². The Balaban J connectivity index is 2.18. The Hall–Kier alpha value is -0.780. The lowest BCUT2D eigenvalue weighted by molar-refractivity contribution is 0.632. The van der Waals surface area contributed by atoms with Crippen molar-refractivity contribution in [2.45, 2.75) is 52.4 Å². The van der Waals surface area contributed by atoms with E-state index in [4.69, 9.17) is 0 Å². The summed E-state index contributed by atoms with van der Waals surface area (Å²) in [5, 5.41) is 0. The quantitative estimate of drug-likeness (QED) is 0.579. The molecule has 1 aromatic carbocycles. The van der Waals surface area contributed by atoms with E-state index in [1.807, 2.05) is 0 Å². The molecule has 0 fully saturated rings. The second kappa shape index (κ2) is 6.64. The molecule has 0 N–H and O–H groups in total. The van der Waals surface area contributed by atoms with Gasteiger partial charge in [-0.25, -0.2) is 0 Å². The minimum atomic E-state index is 1.26. The average Bonchev–Trinajstić information content (AvgIpc) is 2.18. The molecule has 0 aliphatic heterocycles. The topological polar surface area (TPSA) is 0 Å². The lowest BCUT2D eigenvalue weighted by atomic mass is 10.0. The first-order chi connectivity index (χ1) is 6.83. The number of hydrogen-bond acceptors (Lipinski definition) is 0. The van der Waals surface area contributed by atoms with Crippen LogP contribution in [-0.4, -0.2) is 0 Å². The SMILES string of the molecule is CCCCCCCc1cccc(C)c1. The van der Waals surface area contributed by atoms with Gasteiger partial charge in [-0.1, -0.05) is 62.4 Å². The van der Waals surface area contributed by atoms with Gasteiger partial charge >= 0.3 is 0 Å². The fraction of sp³-hybridized carbons (Fsp3) is 0.571. The largest absolute Gasteiger partial charge is 0.0654 e. The summed E-state index contributed by atoms with van der Waals surface area (Å²) in [5.41, 5.74) is 2.89. The van der Waals surface area contributed by atoms with Crippen molar-refractivity contribution < 1.29 is 0 Å². The highest BCUT2D eigenvalue weighted by Crippen LogP contribution is 2.10. The van der Waals surface area contributed by atoms with E-state index >= 15 is 0 Å². The fourth-order valence-corrected chi connectivity index (χ4v) is 1.80. The van der Waals surface area contributed by atoms with Crippen LogP contribution in [0.1, 0.15) is 50.2 Å². The lowest BCUT2D eigenvalue weighted by Gasteiger charge is -2.02. The van der Waals surface area contributed by atoms with E-state index in [0.29, 0.717) is 0 Å². The van der Waals surface area contributed by atoms with E-state index in [9.17, 15) is 0 Å². The van der Waals surface area contributed by atoms with Crippen molar-refractivity contribution in [3.8, 4) is 0 Å². The van der Waals surface area contributed by atoms with E-state index in [1.165, 1.54) is 49.7 Å². The van der Waals surface area contributed by atoms with Crippen molar-refractivity contribution in [1.29, 1.82) is 0 Å². The number of hydrogen-bond donors (Lipinski definition) is 0. The first-order valence-corrected chi connectivity index (χ1v) is 5.88. The average molecular weight is 190 g/mol. The maximum absolute atomic E-state index is 2.31. The first-order valence-electron chi connectivity index (χ1n) is 5.88. The second-order valence-electron chi connectivity index (χ2n) is 4.15. The molecule has 0 aliphatic rings. The fourth-order valence-electron chi connectivity index (χ4n) is 1.80. The highest BCUT2D eigenvalue weighted by molar-refractivity contribution is 5.22. The molecule has 0 spiro atoms. The Morgan fingerprint density at radius 2 is 1.79 bits per heavy atom. The predicted octanol–water partition coefficient (Wildman–Crippen LogP) is 4.51. The van der Waals surface area contributed by atoms with E-state index in [1.54, 1.807) is 0 Å². The van der Waals surface area contributed by atoms with Crippen LogP contribution in [-0.2, 0) is 6.42 Å². The highest BCUT2D eigenvalue weighted by atomic mass is 14.0. The molecule has 0 aliphatic carbocycles. The van der Waals surface area contributed by atoms with Crippen molar-refractivity contribution in [3.05, 3.63) is 35.4 Å². The van der Waals surface area contributed by atoms with Crippen LogP contribution >= 0.6 is 0 Å². The van der Waals surface area contributed by atoms with E-state index in [-0.39, 0.29) is 0 Å². The molecule has 0 nitrogen and oxygen atoms in total. The van der Waals surface area contributed by atoms with Crippen LogP contribution in [0.25, 0.3) is 0 Å². The molecule has 0 bridgehead atoms. The summed E-state index contributed by atoms with van der Waals surface area (Å²) in [6.07, 6.45) is 8.14. The zero-order valence-corrected chi connectivity index (χ0v) is 9.55. The second-order valence-corrected chi connectivity index (χ2v) is 4.15. The van der Waals surface area contributed by atoms with E-state index in [0.717, 1.165) is 0 Å². The summed E-state index contributed by atoms with van der Waals surface area (Å²) < 4.78 is 0. The molecule has 0 atom stereocenters. The van der Waals surface area contributed by atoms with Gasteiger partial charge in [-0.05, 0) is 25.3 Å². The Morgan fingerprint density at radius 3 is 2.50 bits per heavy atom. The van der Waals surface area contributed by atoms with Gasteiger partial charge in [0.05, 0.1) is 0 Å². The zero-order valence-electron chi connectivity index (χ0n) is 9.55. The number of rotatable bonds is 6. The highest BCUT2D eigenvalue weighted by Gasteiger charge is 1.93. The van der Waals surface area contributed by atoms with Crippen LogP contribution in [0.2, 0.25) is 0 Å². The molecular formula is C14H22. The third-order valence-corrected chi connectivity index (χ3v) is 2.65. The van der Waals surface area contributed by atoms with Gasteiger partial charge in [0.15, 0.2) is 0 Å². The van der Waals surface area contributed by atoms with Gasteiger partial charge in [-0.3, -0.25) is 0 Å². The standard InChI is InChI=1S/C14H22/c1-3-4-5-6-7-10-14-11-8-9-13(2)12-14/h8-9,11-12H,3-7,10H2,1-2H3. The number of aryl methyl sites for hydroxylation is 2. The molecule has 78 valence electrons. The number of benzene rings is 1. The minimum Gasteiger partial charge on any atom is -0.0654 e. The van der Waals surface area contributed by atoms with Crippen molar-refractivity contribution in [3.63, 3.8) is 0 Å². The van der Waals surface area contributed by atoms with Gasteiger partial charge in [-0.15, -0.1) is 0 Å². The monoisotopic (exact) mass is 190 g/mol. The zero-order chi connectivity index (χ0) is 10.2. The van der Waals surface area contributed by atoms with Gasteiger partial charge in [0.25, 0.3) is 0 Å². The van der Waals surface area contributed by atoms with Gasteiger partial charge in [0, 0.05) is 0 Å². The third kappa shape index (κ3) is 4.45. The van der Waals surface area contributed by atoms with Crippen LogP contribution in [0.5, 0.6) is 0 Å². The summed E-state index contributed by atoms with van der Waals surface area (Å²) in [4.78, 5) is 0. The molecule has 1 rings (SSSR count). The van der Waals surface area contributed by atoms with Gasteiger partial charge in [-0.2, -0.15) is 0 Å². The molecule has 14 heavy (non-hydrogen) atoms. The van der Waals surface area contributed by atoms with Crippen LogP contribution in [0.15, 0.2) is 24.3 Å². The molecule has 0 amide bonds. The molecule has 0 radical (unpaired) electrons. The van der Waals surface area contributed by atoms with Crippen LogP contribution in [0.4, 0.5) is 0 Å². The molecule has 0 heteroatoms. The molecule has 0 unspecified atom stereocenters. The van der Waals surface area contributed by atoms with Crippen molar-refractivity contribution in [2.75, 3.05) is 0 Å². The van der Waals surface area contributed by atoms with Crippen molar-refractivity contribution in [2.24, 2.45) is 0 Å². The minimum absolute atomic E-state index is 1.26. The van der Waals surface area contributed by atoms with Crippen LogP contribution in [0, 0.1) is 6.92 Å². The smallest absolute Gasteiger partial charge is 0.0279 e. The lowest BCUT2D eigenvalue weighted by Crippen LogP contribution is -1.86. The molecular weight excluding hydrogens is 168 g/mol. The third-order valence-electron chi connectivity index (χ3n) is 2.65. The van der Waals surface area contributed by atoms with Crippen molar-refractivity contribution in [1.82, 2.24) is 0 Å². The Kier molecular flexibility index (Phi) is 5.36. The Bertz CT molecular complexity index is 250. The predicted molar refractivity (Wildman–Crippen MR) is 63.6 cm³/mol. The molecule has 1 aromatic rings. The van der Waals surface area contributed by atoms with Gasteiger partial charge in [0.1, 0.15) is 0 Å². The van der Waals surface area contributed by atoms with Crippen LogP contribution < -0.4 is 0 Å². The summed E-state index contributed by atoms with van der Waals surface area (Å²) in [6.45, 7) is 4.43. The summed E-state index contributed by atoms with van der Waals surface area (Å²) in [6, 6.07) is 8.88. The summed E-state index contributed by atoms with van der Waals surface area (Å²) in [5.74, 6) is 0. The molecule has 0 aromatic heterocycles. The summed E-state index contributed by atoms with van der Waals surface area (Å²) in [7, 11) is 0. The van der Waals surface area contributed by atoms with Gasteiger partial charge < -0.3 is 0 Å². The normalized spacial score (nSPS) is 10.4. The maximum Gasteiger partial charge on any atom is -0.0279 e.